The van der Waals surface area contributed by atoms with E-state index in [0.29, 0.717) is 23.6 Å². The molecular weight excluding hydrogens is 378 g/mol. The van der Waals surface area contributed by atoms with E-state index in [1.165, 1.54) is 4.31 Å². The Morgan fingerprint density at radius 3 is 2.68 bits per heavy atom. The fourth-order valence-corrected chi connectivity index (χ4v) is 3.95. The number of para-hydroxylation sites is 1. The first-order valence-electron chi connectivity index (χ1n) is 8.89. The Labute approximate surface area is 164 Å². The van der Waals surface area contributed by atoms with Crippen LogP contribution in [-0.2, 0) is 21.4 Å². The first kappa shape index (κ1) is 19.9. The van der Waals surface area contributed by atoms with Gasteiger partial charge < -0.3 is 9.32 Å². The molecule has 28 heavy (non-hydrogen) atoms. The fraction of sp³-hybridized carbons (Fsp3) is 0.300. The lowest BCUT2D eigenvalue weighted by Gasteiger charge is -2.16. The van der Waals surface area contributed by atoms with Gasteiger partial charge in [-0.05, 0) is 31.2 Å². The summed E-state index contributed by atoms with van der Waals surface area (Å²) in [6.07, 6.45) is 2.88. The number of hydrogen-bond donors (Lipinski definition) is 0. The van der Waals surface area contributed by atoms with Gasteiger partial charge in [0.15, 0.2) is 0 Å². The lowest BCUT2D eigenvalue weighted by molar-refractivity contribution is -0.112. The van der Waals surface area contributed by atoms with Crippen LogP contribution in [0.1, 0.15) is 30.4 Å². The average molecular weight is 399 g/mol. The van der Waals surface area contributed by atoms with Gasteiger partial charge >= 0.3 is 0 Å². The van der Waals surface area contributed by atoms with Gasteiger partial charge in [0.2, 0.25) is 10.0 Å². The number of carbonyl (C=O) groups is 1. The molecule has 0 saturated heterocycles. The summed E-state index contributed by atoms with van der Waals surface area (Å²) in [7, 11) is -3.46. The van der Waals surface area contributed by atoms with Crippen molar-refractivity contribution in [2.24, 2.45) is 0 Å². The molecule has 0 N–H and O–H groups in total. The second-order valence-corrected chi connectivity index (χ2v) is 8.42. The highest BCUT2D eigenvalue weighted by molar-refractivity contribution is 7.88. The first-order valence-corrected chi connectivity index (χ1v) is 10.7. The number of anilines is 1. The molecular formula is C20H21N3O4S. The molecule has 0 saturated carbocycles. The van der Waals surface area contributed by atoms with Gasteiger partial charge in [0.25, 0.3) is 5.91 Å². The number of amides is 1. The Morgan fingerprint density at radius 1 is 1.25 bits per heavy atom. The zero-order valence-corrected chi connectivity index (χ0v) is 16.6. The standard InChI is InChI=1S/C20H21N3O4S/c1-3-23-19-8-5-4-7-17(19)18(20(23)24)13-15-9-10-16(27-15)14-22(12-6-11-21)28(2,25)26/h4-5,7-10,13H,3,6,12,14H2,1-2H3/b18-13+. The fourth-order valence-electron chi connectivity index (χ4n) is 3.17. The quantitative estimate of drug-likeness (QED) is 0.667. The third-order valence-electron chi connectivity index (χ3n) is 4.52. The van der Waals surface area contributed by atoms with Crippen LogP contribution in [0.25, 0.3) is 11.6 Å². The van der Waals surface area contributed by atoms with Gasteiger partial charge in [-0.3, -0.25) is 4.79 Å². The van der Waals surface area contributed by atoms with Crippen molar-refractivity contribution < 1.29 is 17.6 Å². The van der Waals surface area contributed by atoms with Gasteiger partial charge in [0.05, 0.1) is 30.1 Å². The van der Waals surface area contributed by atoms with Crippen molar-refractivity contribution in [3.8, 4) is 6.07 Å². The Morgan fingerprint density at radius 2 is 2.00 bits per heavy atom. The molecule has 1 aliphatic heterocycles. The minimum Gasteiger partial charge on any atom is -0.460 e. The third-order valence-corrected chi connectivity index (χ3v) is 5.77. The lowest BCUT2D eigenvalue weighted by Crippen LogP contribution is -2.30. The number of fused-ring (bicyclic) bond motifs is 1. The van der Waals surface area contributed by atoms with Gasteiger partial charge in [0, 0.05) is 25.1 Å². The van der Waals surface area contributed by atoms with E-state index >= 15 is 0 Å². The first-order chi connectivity index (χ1) is 13.3. The van der Waals surface area contributed by atoms with Crippen molar-refractivity contribution >= 4 is 33.3 Å². The molecule has 0 spiro atoms. The van der Waals surface area contributed by atoms with Crippen LogP contribution in [0.2, 0.25) is 0 Å². The molecule has 146 valence electrons. The smallest absolute Gasteiger partial charge is 0.259 e. The van der Waals surface area contributed by atoms with Crippen molar-refractivity contribution in [3.63, 3.8) is 0 Å². The summed E-state index contributed by atoms with van der Waals surface area (Å²) < 4.78 is 30.7. The van der Waals surface area contributed by atoms with Crippen LogP contribution in [0.3, 0.4) is 0 Å². The molecule has 1 amide bonds. The number of furan rings is 1. The summed E-state index contributed by atoms with van der Waals surface area (Å²) in [5.41, 5.74) is 2.26. The van der Waals surface area contributed by atoms with E-state index in [2.05, 4.69) is 0 Å². The predicted molar refractivity (Wildman–Crippen MR) is 107 cm³/mol. The molecule has 0 bridgehead atoms. The van der Waals surface area contributed by atoms with E-state index in [0.717, 1.165) is 17.5 Å². The maximum atomic E-state index is 12.7. The Hall–Kier alpha value is -2.89. The lowest BCUT2D eigenvalue weighted by atomic mass is 10.1. The zero-order chi connectivity index (χ0) is 20.3. The molecule has 0 fully saturated rings. The number of sulfonamides is 1. The highest BCUT2D eigenvalue weighted by atomic mass is 32.2. The van der Waals surface area contributed by atoms with E-state index in [-0.39, 0.29) is 25.4 Å². The van der Waals surface area contributed by atoms with Gasteiger partial charge in [0.1, 0.15) is 11.5 Å². The minimum absolute atomic E-state index is 0.0370. The summed E-state index contributed by atoms with van der Waals surface area (Å²) in [5.74, 6) is 0.828. The maximum Gasteiger partial charge on any atom is 0.259 e. The number of nitriles is 1. The molecule has 2 heterocycles. The topological polar surface area (TPSA) is 94.6 Å². The summed E-state index contributed by atoms with van der Waals surface area (Å²) >= 11 is 0. The van der Waals surface area contributed by atoms with Crippen molar-refractivity contribution in [2.45, 2.75) is 19.9 Å². The molecule has 0 unspecified atom stereocenters. The van der Waals surface area contributed by atoms with E-state index in [9.17, 15) is 13.2 Å². The molecule has 1 aromatic heterocycles. The number of nitrogens with zero attached hydrogens (tertiary/aromatic N) is 3. The van der Waals surface area contributed by atoms with Crippen molar-refractivity contribution in [1.82, 2.24) is 4.31 Å². The van der Waals surface area contributed by atoms with Gasteiger partial charge in [-0.1, -0.05) is 18.2 Å². The van der Waals surface area contributed by atoms with Gasteiger partial charge in [-0.15, -0.1) is 0 Å². The van der Waals surface area contributed by atoms with Crippen LogP contribution in [0.4, 0.5) is 5.69 Å². The Bertz CT molecular complexity index is 1060. The van der Waals surface area contributed by atoms with Crippen LogP contribution in [0, 0.1) is 11.3 Å². The second kappa shape index (κ2) is 8.00. The van der Waals surface area contributed by atoms with E-state index < -0.39 is 10.0 Å². The molecule has 3 rings (SSSR count). The van der Waals surface area contributed by atoms with E-state index in [4.69, 9.17) is 9.68 Å². The van der Waals surface area contributed by atoms with Crippen molar-refractivity contribution in [2.75, 3.05) is 24.2 Å². The number of hydrogen-bond acceptors (Lipinski definition) is 5. The largest absolute Gasteiger partial charge is 0.460 e. The molecule has 0 radical (unpaired) electrons. The van der Waals surface area contributed by atoms with Crippen LogP contribution < -0.4 is 4.90 Å². The van der Waals surface area contributed by atoms with E-state index in [1.807, 2.05) is 37.3 Å². The number of carbonyl (C=O) groups excluding carboxylic acids is 1. The molecule has 1 aliphatic rings. The normalized spacial score (nSPS) is 15.3. The maximum absolute atomic E-state index is 12.7. The SMILES string of the molecule is CCN1C(=O)/C(=C/c2ccc(CN(CCC#N)S(C)(=O)=O)o2)c2ccccc21. The summed E-state index contributed by atoms with van der Waals surface area (Å²) in [6, 6.07) is 12.9. The predicted octanol–water partition coefficient (Wildman–Crippen LogP) is 2.86. The van der Waals surface area contributed by atoms with Crippen LogP contribution in [0.5, 0.6) is 0 Å². The minimum atomic E-state index is -3.46. The molecule has 1 aromatic carbocycles. The summed E-state index contributed by atoms with van der Waals surface area (Å²) in [6.45, 7) is 2.63. The second-order valence-electron chi connectivity index (χ2n) is 6.43. The molecule has 2 aromatic rings. The van der Waals surface area contributed by atoms with Gasteiger partial charge in [-0.2, -0.15) is 9.57 Å². The highest BCUT2D eigenvalue weighted by Gasteiger charge is 2.31. The Balaban J connectivity index is 1.87. The molecule has 7 nitrogen and oxygen atoms in total. The molecule has 8 heteroatoms. The van der Waals surface area contributed by atoms with E-state index in [1.54, 1.807) is 23.1 Å². The highest BCUT2D eigenvalue weighted by Crippen LogP contribution is 2.37. The molecule has 0 aliphatic carbocycles. The summed E-state index contributed by atoms with van der Waals surface area (Å²) in [5, 5.41) is 8.72. The number of rotatable bonds is 7. The summed E-state index contributed by atoms with van der Waals surface area (Å²) in [4.78, 5) is 14.4. The number of benzene rings is 1. The third kappa shape index (κ3) is 4.01. The monoisotopic (exact) mass is 399 g/mol. The van der Waals surface area contributed by atoms with Crippen molar-refractivity contribution in [1.29, 1.82) is 5.26 Å². The van der Waals surface area contributed by atoms with Crippen LogP contribution in [0.15, 0.2) is 40.8 Å². The zero-order valence-electron chi connectivity index (χ0n) is 15.8. The molecule has 0 atom stereocenters. The average Bonchev–Trinajstić information content (AvgIpc) is 3.20. The van der Waals surface area contributed by atoms with Gasteiger partial charge in [-0.25, -0.2) is 8.42 Å². The van der Waals surface area contributed by atoms with Crippen LogP contribution >= 0.6 is 0 Å². The number of likely N-dealkylation sites (N-methyl/N-ethyl adjacent to an activating group) is 1. The van der Waals surface area contributed by atoms with Crippen molar-refractivity contribution in [3.05, 3.63) is 53.5 Å². The van der Waals surface area contributed by atoms with Crippen LogP contribution in [-0.4, -0.2) is 38.0 Å². The Kier molecular flexibility index (Phi) is 5.68.